The van der Waals surface area contributed by atoms with Gasteiger partial charge in [0.1, 0.15) is 11.5 Å². The monoisotopic (exact) mass is 249 g/mol. The fourth-order valence-electron chi connectivity index (χ4n) is 2.42. The molecule has 18 heavy (non-hydrogen) atoms. The van der Waals surface area contributed by atoms with Crippen LogP contribution >= 0.6 is 0 Å². The minimum atomic E-state index is -0.00782. The van der Waals surface area contributed by atoms with Crippen molar-refractivity contribution >= 4 is 11.7 Å². The van der Waals surface area contributed by atoms with Crippen molar-refractivity contribution in [3.63, 3.8) is 0 Å². The average molecular weight is 249 g/mol. The van der Waals surface area contributed by atoms with Crippen molar-refractivity contribution in [1.29, 1.82) is 0 Å². The van der Waals surface area contributed by atoms with Crippen LogP contribution in [0, 0.1) is 5.92 Å². The largest absolute Gasteiger partial charge is 0.469 e. The molecular weight excluding hydrogens is 230 g/mol. The van der Waals surface area contributed by atoms with Crippen LogP contribution in [-0.2, 0) is 11.2 Å². The predicted octanol–water partition coefficient (Wildman–Crippen LogP) is 2.28. The molecule has 1 saturated heterocycles. The summed E-state index contributed by atoms with van der Waals surface area (Å²) in [5.74, 6) is 1.00. The fourth-order valence-corrected chi connectivity index (χ4v) is 2.42. The number of amides is 1. The highest BCUT2D eigenvalue weighted by Crippen LogP contribution is 2.20. The number of carbonyl (C=O) groups excluding carboxylic acids is 2. The molecule has 4 heteroatoms. The van der Waals surface area contributed by atoms with Crippen LogP contribution in [0.2, 0.25) is 0 Å². The molecule has 0 spiro atoms. The van der Waals surface area contributed by atoms with Crippen LogP contribution in [-0.4, -0.2) is 29.7 Å². The summed E-state index contributed by atoms with van der Waals surface area (Å²) < 4.78 is 5.29. The van der Waals surface area contributed by atoms with Crippen LogP contribution in [0.3, 0.4) is 0 Å². The van der Waals surface area contributed by atoms with Crippen LogP contribution < -0.4 is 0 Å². The summed E-state index contributed by atoms with van der Waals surface area (Å²) in [7, 11) is 0. The number of ketones is 1. The third-order valence-corrected chi connectivity index (χ3v) is 3.60. The Morgan fingerprint density at radius 2 is 2.28 bits per heavy atom. The average Bonchev–Trinajstić information content (AvgIpc) is 2.86. The smallest absolute Gasteiger partial charge is 0.257 e. The maximum atomic E-state index is 12.4. The summed E-state index contributed by atoms with van der Waals surface area (Å²) in [4.78, 5) is 25.8. The predicted molar refractivity (Wildman–Crippen MR) is 67.4 cm³/mol. The second-order valence-corrected chi connectivity index (χ2v) is 4.68. The van der Waals surface area contributed by atoms with E-state index in [9.17, 15) is 9.59 Å². The van der Waals surface area contributed by atoms with Crippen LogP contribution in [0.5, 0.6) is 0 Å². The molecule has 1 aromatic rings. The van der Waals surface area contributed by atoms with E-state index in [1.165, 1.54) is 0 Å². The Kier molecular flexibility index (Phi) is 3.84. The molecule has 1 fully saturated rings. The number of hydrogen-bond acceptors (Lipinski definition) is 3. The first-order chi connectivity index (χ1) is 8.67. The first-order valence-corrected chi connectivity index (χ1v) is 6.55. The zero-order valence-electron chi connectivity index (χ0n) is 10.9. The first-order valence-electron chi connectivity index (χ1n) is 6.55. The molecule has 0 saturated carbocycles. The quantitative estimate of drug-likeness (QED) is 0.825. The van der Waals surface area contributed by atoms with Crippen molar-refractivity contribution in [2.24, 2.45) is 5.92 Å². The highest BCUT2D eigenvalue weighted by atomic mass is 16.3. The number of Topliss-reactive ketones (excluding diaryl/α,β-unsaturated/α-hetero) is 1. The van der Waals surface area contributed by atoms with Gasteiger partial charge in [-0.3, -0.25) is 9.59 Å². The third kappa shape index (κ3) is 2.33. The number of likely N-dealkylation sites (tertiary alicyclic amines) is 1. The van der Waals surface area contributed by atoms with E-state index < -0.39 is 0 Å². The van der Waals surface area contributed by atoms with E-state index in [0.717, 1.165) is 12.2 Å². The van der Waals surface area contributed by atoms with Gasteiger partial charge in [0.05, 0.1) is 11.8 Å². The SMILES string of the molecule is CCc1occc1C(=O)N1CCC(=O)C(CC)C1. The van der Waals surface area contributed by atoms with Crippen molar-refractivity contribution in [3.05, 3.63) is 23.7 Å². The summed E-state index contributed by atoms with van der Waals surface area (Å²) >= 11 is 0. The van der Waals surface area contributed by atoms with E-state index in [4.69, 9.17) is 4.42 Å². The van der Waals surface area contributed by atoms with Crippen molar-refractivity contribution < 1.29 is 14.0 Å². The molecule has 4 nitrogen and oxygen atoms in total. The van der Waals surface area contributed by atoms with Crippen LogP contribution in [0.15, 0.2) is 16.7 Å². The molecule has 0 aliphatic carbocycles. The van der Waals surface area contributed by atoms with Gasteiger partial charge in [0, 0.05) is 31.8 Å². The Labute approximate surface area is 107 Å². The van der Waals surface area contributed by atoms with Crippen LogP contribution in [0.25, 0.3) is 0 Å². The molecule has 1 amide bonds. The molecule has 0 bridgehead atoms. The molecule has 2 rings (SSSR count). The lowest BCUT2D eigenvalue weighted by Gasteiger charge is -2.31. The van der Waals surface area contributed by atoms with Crippen molar-refractivity contribution in [3.8, 4) is 0 Å². The fraction of sp³-hybridized carbons (Fsp3) is 0.571. The molecule has 0 aromatic carbocycles. The minimum absolute atomic E-state index is 0.000299. The Morgan fingerprint density at radius 1 is 1.50 bits per heavy atom. The maximum absolute atomic E-state index is 12.4. The summed E-state index contributed by atoms with van der Waals surface area (Å²) in [6, 6.07) is 1.72. The number of carbonyl (C=O) groups is 2. The standard InChI is InChI=1S/C14H19NO3/c1-3-10-9-15(7-5-12(10)16)14(17)11-6-8-18-13(11)4-2/h6,8,10H,3-5,7,9H2,1-2H3. The molecule has 1 aliphatic rings. The van der Waals surface area contributed by atoms with E-state index in [0.29, 0.717) is 31.5 Å². The Morgan fingerprint density at radius 3 is 2.94 bits per heavy atom. The lowest BCUT2D eigenvalue weighted by Crippen LogP contribution is -2.44. The molecule has 1 atom stereocenters. The van der Waals surface area contributed by atoms with Gasteiger partial charge in [0.15, 0.2) is 0 Å². The van der Waals surface area contributed by atoms with Gasteiger partial charge in [-0.2, -0.15) is 0 Å². The Hall–Kier alpha value is -1.58. The summed E-state index contributed by atoms with van der Waals surface area (Å²) in [5, 5.41) is 0. The third-order valence-electron chi connectivity index (χ3n) is 3.60. The summed E-state index contributed by atoms with van der Waals surface area (Å²) in [6.45, 7) is 5.03. The van der Waals surface area contributed by atoms with Gasteiger partial charge in [-0.1, -0.05) is 13.8 Å². The molecular formula is C14H19NO3. The van der Waals surface area contributed by atoms with E-state index in [2.05, 4.69) is 0 Å². The zero-order chi connectivity index (χ0) is 13.1. The minimum Gasteiger partial charge on any atom is -0.469 e. The van der Waals surface area contributed by atoms with Crippen molar-refractivity contribution in [2.75, 3.05) is 13.1 Å². The van der Waals surface area contributed by atoms with Gasteiger partial charge in [-0.05, 0) is 12.5 Å². The second kappa shape index (κ2) is 5.38. The van der Waals surface area contributed by atoms with Crippen molar-refractivity contribution in [2.45, 2.75) is 33.1 Å². The summed E-state index contributed by atoms with van der Waals surface area (Å²) in [5.41, 5.74) is 0.640. The Bertz CT molecular complexity index is 450. The lowest BCUT2D eigenvalue weighted by atomic mass is 9.93. The molecule has 0 radical (unpaired) electrons. The molecule has 2 heterocycles. The number of furan rings is 1. The number of rotatable bonds is 3. The van der Waals surface area contributed by atoms with Crippen molar-refractivity contribution in [1.82, 2.24) is 4.90 Å². The zero-order valence-corrected chi connectivity index (χ0v) is 10.9. The maximum Gasteiger partial charge on any atom is 0.257 e. The van der Waals surface area contributed by atoms with Gasteiger partial charge in [-0.25, -0.2) is 0 Å². The van der Waals surface area contributed by atoms with Gasteiger partial charge >= 0.3 is 0 Å². The molecule has 1 aliphatic heterocycles. The van der Waals surface area contributed by atoms with E-state index in [1.807, 2.05) is 13.8 Å². The molecule has 98 valence electrons. The number of hydrogen-bond donors (Lipinski definition) is 0. The van der Waals surface area contributed by atoms with Gasteiger partial charge < -0.3 is 9.32 Å². The molecule has 0 N–H and O–H groups in total. The van der Waals surface area contributed by atoms with E-state index in [1.54, 1.807) is 17.2 Å². The second-order valence-electron chi connectivity index (χ2n) is 4.68. The summed E-state index contributed by atoms with van der Waals surface area (Å²) in [6.07, 6.45) is 3.54. The van der Waals surface area contributed by atoms with Crippen LogP contribution in [0.1, 0.15) is 42.8 Å². The number of nitrogens with zero attached hydrogens (tertiary/aromatic N) is 1. The number of aryl methyl sites for hydroxylation is 1. The van der Waals surface area contributed by atoms with Crippen LogP contribution in [0.4, 0.5) is 0 Å². The highest BCUT2D eigenvalue weighted by molar-refractivity contribution is 5.96. The molecule has 1 unspecified atom stereocenters. The van der Waals surface area contributed by atoms with Gasteiger partial charge in [-0.15, -0.1) is 0 Å². The van der Waals surface area contributed by atoms with Gasteiger partial charge in [0.2, 0.25) is 0 Å². The first kappa shape index (κ1) is 12.9. The molecule has 1 aromatic heterocycles. The lowest BCUT2D eigenvalue weighted by molar-refractivity contribution is -0.125. The number of piperidine rings is 1. The van der Waals surface area contributed by atoms with Gasteiger partial charge in [0.25, 0.3) is 5.91 Å². The normalized spacial score (nSPS) is 20.2. The highest BCUT2D eigenvalue weighted by Gasteiger charge is 2.30. The van der Waals surface area contributed by atoms with E-state index >= 15 is 0 Å². The topological polar surface area (TPSA) is 50.5 Å². The Balaban J connectivity index is 2.12. The van der Waals surface area contributed by atoms with E-state index in [-0.39, 0.29) is 17.6 Å².